The summed E-state index contributed by atoms with van der Waals surface area (Å²) in [6.45, 7) is 3.07. The second kappa shape index (κ2) is 6.76. The molecule has 108 valence electrons. The maximum atomic E-state index is 14.1. The minimum absolute atomic E-state index is 0.149. The van der Waals surface area contributed by atoms with E-state index in [0.29, 0.717) is 18.7 Å². The number of halogens is 2. The topological polar surface area (TPSA) is 42.2 Å². The Kier molecular flexibility index (Phi) is 5.26. The zero-order valence-corrected chi connectivity index (χ0v) is 13.8. The first-order valence-corrected chi connectivity index (χ1v) is 7.94. The van der Waals surface area contributed by atoms with Crippen LogP contribution in [0.2, 0.25) is 0 Å². The van der Waals surface area contributed by atoms with Gasteiger partial charge in [-0.25, -0.2) is 9.37 Å². The maximum Gasteiger partial charge on any atom is 0.129 e. The van der Waals surface area contributed by atoms with Crippen molar-refractivity contribution in [3.05, 3.63) is 50.1 Å². The van der Waals surface area contributed by atoms with Crippen molar-refractivity contribution in [2.24, 2.45) is 5.73 Å². The van der Waals surface area contributed by atoms with Crippen molar-refractivity contribution in [2.45, 2.75) is 19.5 Å². The largest absolute Gasteiger partial charge is 0.329 e. The molecule has 0 saturated carbocycles. The van der Waals surface area contributed by atoms with Gasteiger partial charge in [-0.1, -0.05) is 22.0 Å². The Hall–Kier alpha value is -0.820. The van der Waals surface area contributed by atoms with Gasteiger partial charge in [0.25, 0.3) is 0 Å². The number of hydrogen-bond acceptors (Lipinski definition) is 4. The van der Waals surface area contributed by atoms with Gasteiger partial charge in [0.05, 0.1) is 11.2 Å². The number of nitrogens with two attached hydrogens (primary N) is 1. The van der Waals surface area contributed by atoms with Crippen LogP contribution < -0.4 is 5.73 Å². The fourth-order valence-electron chi connectivity index (χ4n) is 2.13. The second-order valence-electron chi connectivity index (χ2n) is 4.69. The van der Waals surface area contributed by atoms with Crippen LogP contribution in [-0.4, -0.2) is 23.5 Å². The van der Waals surface area contributed by atoms with Crippen molar-refractivity contribution < 1.29 is 4.39 Å². The zero-order chi connectivity index (χ0) is 14.7. The molecule has 0 fully saturated rings. The maximum absolute atomic E-state index is 14.1. The number of aromatic nitrogens is 1. The number of hydrogen-bond donors (Lipinski definition) is 1. The van der Waals surface area contributed by atoms with E-state index in [1.165, 1.54) is 10.9 Å². The highest BCUT2D eigenvalue weighted by Crippen LogP contribution is 2.26. The quantitative estimate of drug-likeness (QED) is 0.890. The third-order valence-corrected chi connectivity index (χ3v) is 4.73. The van der Waals surface area contributed by atoms with E-state index in [2.05, 4.69) is 25.8 Å². The number of benzene rings is 1. The molecule has 20 heavy (non-hydrogen) atoms. The molecule has 0 aliphatic rings. The molecule has 1 aromatic carbocycles. The molecule has 2 aromatic rings. The average molecular weight is 358 g/mol. The lowest BCUT2D eigenvalue weighted by Gasteiger charge is -2.27. The Labute approximate surface area is 130 Å². The van der Waals surface area contributed by atoms with Gasteiger partial charge in [-0.05, 0) is 26.1 Å². The smallest absolute Gasteiger partial charge is 0.129 e. The van der Waals surface area contributed by atoms with E-state index >= 15 is 0 Å². The predicted molar refractivity (Wildman–Crippen MR) is 84.2 cm³/mol. The Morgan fingerprint density at radius 3 is 2.80 bits per heavy atom. The van der Waals surface area contributed by atoms with Gasteiger partial charge in [-0.3, -0.25) is 4.90 Å². The third-order valence-electron chi connectivity index (χ3n) is 3.31. The summed E-state index contributed by atoms with van der Waals surface area (Å²) in [5.41, 5.74) is 9.32. The highest BCUT2D eigenvalue weighted by Gasteiger charge is 2.20. The van der Waals surface area contributed by atoms with Gasteiger partial charge in [0.15, 0.2) is 0 Å². The Balaban J connectivity index is 2.21. The summed E-state index contributed by atoms with van der Waals surface area (Å²) in [4.78, 5) is 7.48. The number of nitrogens with zero attached hydrogens (tertiary/aromatic N) is 2. The van der Waals surface area contributed by atoms with E-state index < -0.39 is 0 Å². The Bertz CT molecular complexity index is 588. The van der Waals surface area contributed by atoms with E-state index in [1.54, 1.807) is 17.4 Å². The fraction of sp³-hybridized carbons (Fsp3) is 0.357. The number of aryl methyl sites for hydroxylation is 1. The van der Waals surface area contributed by atoms with E-state index in [9.17, 15) is 4.39 Å². The van der Waals surface area contributed by atoms with E-state index in [1.807, 2.05) is 25.5 Å². The van der Waals surface area contributed by atoms with Crippen molar-refractivity contribution in [1.29, 1.82) is 0 Å². The molecule has 0 spiro atoms. The summed E-state index contributed by atoms with van der Waals surface area (Å²) >= 11 is 4.88. The molecular weight excluding hydrogens is 341 g/mol. The lowest BCUT2D eigenvalue weighted by atomic mass is 10.0. The number of thiazole rings is 1. The van der Waals surface area contributed by atoms with Gasteiger partial charge in [-0.15, -0.1) is 11.3 Å². The molecule has 0 aliphatic carbocycles. The third kappa shape index (κ3) is 3.44. The van der Waals surface area contributed by atoms with Gasteiger partial charge in [-0.2, -0.15) is 0 Å². The summed E-state index contributed by atoms with van der Waals surface area (Å²) in [5.74, 6) is -0.234. The molecule has 0 amide bonds. The molecule has 1 unspecified atom stereocenters. The molecule has 1 atom stereocenters. The average Bonchev–Trinajstić information content (AvgIpc) is 2.78. The van der Waals surface area contributed by atoms with E-state index in [-0.39, 0.29) is 11.9 Å². The summed E-state index contributed by atoms with van der Waals surface area (Å²) in [7, 11) is 1.96. The van der Waals surface area contributed by atoms with Gasteiger partial charge in [0.1, 0.15) is 5.82 Å². The molecule has 0 bridgehead atoms. The standard InChI is InChI=1S/C14H17BrFN3S/c1-9-14(20-8-18-9)7-19(2)13(6-17)11-4-3-10(15)5-12(11)16/h3-5,8,13H,6-7,17H2,1-2H3. The first-order chi connectivity index (χ1) is 9.52. The molecule has 2 rings (SSSR count). The second-order valence-corrected chi connectivity index (χ2v) is 6.55. The molecule has 2 N–H and O–H groups in total. The minimum Gasteiger partial charge on any atom is -0.329 e. The van der Waals surface area contributed by atoms with Crippen molar-refractivity contribution in [1.82, 2.24) is 9.88 Å². The van der Waals surface area contributed by atoms with Crippen LogP contribution in [0.15, 0.2) is 28.2 Å². The molecular formula is C14H17BrFN3S. The number of rotatable bonds is 5. The van der Waals surface area contributed by atoms with Crippen LogP contribution in [0.4, 0.5) is 4.39 Å². The number of likely N-dealkylation sites (N-methyl/N-ethyl adjacent to an activating group) is 1. The first kappa shape index (κ1) is 15.6. The summed E-state index contributed by atoms with van der Waals surface area (Å²) in [6, 6.07) is 4.95. The van der Waals surface area contributed by atoms with Gasteiger partial charge in [0, 0.05) is 34.0 Å². The minimum atomic E-state index is -0.234. The first-order valence-electron chi connectivity index (χ1n) is 6.27. The molecule has 0 saturated heterocycles. The lowest BCUT2D eigenvalue weighted by Crippen LogP contribution is -2.30. The molecule has 1 heterocycles. The predicted octanol–water partition coefficient (Wildman–Crippen LogP) is 3.48. The van der Waals surface area contributed by atoms with Crippen LogP contribution in [0.3, 0.4) is 0 Å². The van der Waals surface area contributed by atoms with Crippen LogP contribution in [0.25, 0.3) is 0 Å². The Morgan fingerprint density at radius 2 is 2.25 bits per heavy atom. The molecule has 0 aliphatic heterocycles. The highest BCUT2D eigenvalue weighted by molar-refractivity contribution is 9.10. The SMILES string of the molecule is Cc1ncsc1CN(C)C(CN)c1ccc(Br)cc1F. The fourth-order valence-corrected chi connectivity index (χ4v) is 3.30. The van der Waals surface area contributed by atoms with Crippen LogP contribution in [0.5, 0.6) is 0 Å². The highest BCUT2D eigenvalue weighted by atomic mass is 79.9. The van der Waals surface area contributed by atoms with Gasteiger partial charge in [0.2, 0.25) is 0 Å². The van der Waals surface area contributed by atoms with Crippen LogP contribution in [-0.2, 0) is 6.54 Å². The van der Waals surface area contributed by atoms with E-state index in [0.717, 1.165) is 10.2 Å². The molecule has 1 aromatic heterocycles. The summed E-state index contributed by atoms with van der Waals surface area (Å²) < 4.78 is 14.8. The Morgan fingerprint density at radius 1 is 1.50 bits per heavy atom. The molecule has 0 radical (unpaired) electrons. The summed E-state index contributed by atoms with van der Waals surface area (Å²) in [5, 5.41) is 0. The van der Waals surface area contributed by atoms with Crippen LogP contribution in [0.1, 0.15) is 22.2 Å². The molecule has 6 heteroatoms. The van der Waals surface area contributed by atoms with Gasteiger partial charge < -0.3 is 5.73 Å². The van der Waals surface area contributed by atoms with Gasteiger partial charge >= 0.3 is 0 Å². The monoisotopic (exact) mass is 357 g/mol. The van der Waals surface area contributed by atoms with Crippen molar-refractivity contribution in [3.8, 4) is 0 Å². The van der Waals surface area contributed by atoms with E-state index in [4.69, 9.17) is 5.73 Å². The van der Waals surface area contributed by atoms with Crippen molar-refractivity contribution in [2.75, 3.05) is 13.6 Å². The van der Waals surface area contributed by atoms with Crippen LogP contribution >= 0.6 is 27.3 Å². The lowest BCUT2D eigenvalue weighted by molar-refractivity contribution is 0.238. The van der Waals surface area contributed by atoms with Crippen molar-refractivity contribution >= 4 is 27.3 Å². The van der Waals surface area contributed by atoms with Crippen LogP contribution in [0, 0.1) is 12.7 Å². The van der Waals surface area contributed by atoms with Crippen molar-refractivity contribution in [3.63, 3.8) is 0 Å². The normalized spacial score (nSPS) is 12.9. The summed E-state index contributed by atoms with van der Waals surface area (Å²) in [6.07, 6.45) is 0. The zero-order valence-electron chi connectivity index (χ0n) is 11.4. The molecule has 3 nitrogen and oxygen atoms in total.